The third-order valence-corrected chi connectivity index (χ3v) is 1.73. The molecule has 0 aliphatic rings. The second-order valence-electron chi connectivity index (χ2n) is 2.52. The minimum atomic E-state index is -0.529. The van der Waals surface area contributed by atoms with Crippen molar-refractivity contribution >= 4 is 5.95 Å². The molecule has 6 heteroatoms. The third kappa shape index (κ3) is 1.41. The molecule has 12 heavy (non-hydrogen) atoms. The van der Waals surface area contributed by atoms with Gasteiger partial charge in [0.1, 0.15) is 6.04 Å². The summed E-state index contributed by atoms with van der Waals surface area (Å²) in [4.78, 5) is 13.4. The average Bonchev–Trinajstić information content (AvgIpc) is 2.50. The van der Waals surface area contributed by atoms with Crippen LogP contribution in [-0.4, -0.2) is 19.7 Å². The van der Waals surface area contributed by atoms with Crippen molar-refractivity contribution in [1.82, 2.24) is 14.8 Å². The van der Waals surface area contributed by atoms with Crippen LogP contribution < -0.4 is 0 Å². The van der Waals surface area contributed by atoms with Crippen molar-refractivity contribution in [2.45, 2.75) is 26.3 Å². The lowest BCUT2D eigenvalue weighted by Gasteiger charge is -2.04. The minimum absolute atomic E-state index is 0.0212. The second kappa shape index (κ2) is 3.29. The van der Waals surface area contributed by atoms with Crippen LogP contribution in [0.15, 0.2) is 6.33 Å². The van der Waals surface area contributed by atoms with Gasteiger partial charge in [-0.3, -0.25) is 0 Å². The zero-order valence-electron chi connectivity index (χ0n) is 6.97. The molecule has 1 aromatic rings. The molecule has 1 rings (SSSR count). The van der Waals surface area contributed by atoms with Crippen molar-refractivity contribution in [1.29, 1.82) is 0 Å². The fourth-order valence-electron chi connectivity index (χ4n) is 0.859. The first-order chi connectivity index (χ1) is 5.66. The SMILES string of the molecule is CCC(C)n1ncnc1[N+](=O)[O-]. The van der Waals surface area contributed by atoms with Crippen LogP contribution in [0.1, 0.15) is 26.3 Å². The van der Waals surface area contributed by atoms with E-state index in [4.69, 9.17) is 0 Å². The first-order valence-electron chi connectivity index (χ1n) is 3.70. The van der Waals surface area contributed by atoms with Crippen molar-refractivity contribution in [2.75, 3.05) is 0 Å². The van der Waals surface area contributed by atoms with Crippen LogP contribution in [0.2, 0.25) is 0 Å². The van der Waals surface area contributed by atoms with E-state index < -0.39 is 4.92 Å². The van der Waals surface area contributed by atoms with Gasteiger partial charge in [0, 0.05) is 0 Å². The highest BCUT2D eigenvalue weighted by atomic mass is 16.6. The molecule has 0 aliphatic carbocycles. The van der Waals surface area contributed by atoms with E-state index in [-0.39, 0.29) is 12.0 Å². The number of rotatable bonds is 3. The van der Waals surface area contributed by atoms with E-state index in [1.54, 1.807) is 0 Å². The van der Waals surface area contributed by atoms with E-state index in [9.17, 15) is 10.1 Å². The first kappa shape index (κ1) is 8.63. The predicted octanol–water partition coefficient (Wildman–Crippen LogP) is 1.16. The number of nitrogens with zero attached hydrogens (tertiary/aromatic N) is 4. The molecule has 0 aliphatic heterocycles. The molecule has 0 fully saturated rings. The number of hydrogen-bond donors (Lipinski definition) is 0. The van der Waals surface area contributed by atoms with Gasteiger partial charge in [-0.15, -0.1) is 4.68 Å². The quantitative estimate of drug-likeness (QED) is 0.504. The second-order valence-corrected chi connectivity index (χ2v) is 2.52. The summed E-state index contributed by atoms with van der Waals surface area (Å²) in [6, 6.07) is 0.0212. The molecule has 0 saturated heterocycles. The molecule has 1 atom stereocenters. The van der Waals surface area contributed by atoms with Crippen LogP contribution in [-0.2, 0) is 0 Å². The maximum absolute atomic E-state index is 10.4. The Balaban J connectivity index is 2.98. The molecule has 0 aromatic carbocycles. The highest BCUT2D eigenvalue weighted by Gasteiger charge is 2.19. The van der Waals surface area contributed by atoms with Crippen LogP contribution in [0.5, 0.6) is 0 Å². The van der Waals surface area contributed by atoms with E-state index in [2.05, 4.69) is 10.1 Å². The summed E-state index contributed by atoms with van der Waals surface area (Å²) in [7, 11) is 0. The van der Waals surface area contributed by atoms with E-state index in [0.29, 0.717) is 0 Å². The Bertz CT molecular complexity index is 283. The third-order valence-electron chi connectivity index (χ3n) is 1.73. The van der Waals surface area contributed by atoms with Gasteiger partial charge in [0.25, 0.3) is 0 Å². The van der Waals surface area contributed by atoms with Gasteiger partial charge in [0.05, 0.1) is 0 Å². The largest absolute Gasteiger partial charge is 0.455 e. The normalized spacial score (nSPS) is 12.8. The average molecular weight is 170 g/mol. The highest BCUT2D eigenvalue weighted by molar-refractivity contribution is 5.01. The summed E-state index contributed by atoms with van der Waals surface area (Å²) in [5.41, 5.74) is 0. The Morgan fingerprint density at radius 2 is 2.50 bits per heavy atom. The molecule has 0 saturated carbocycles. The Hall–Kier alpha value is -1.46. The lowest BCUT2D eigenvalue weighted by Crippen LogP contribution is -2.09. The van der Waals surface area contributed by atoms with Crippen molar-refractivity contribution in [3.8, 4) is 0 Å². The standard InChI is InChI=1S/C6H10N4O2/c1-3-5(2)9-6(10(11)12)7-4-8-9/h4-5H,3H2,1-2H3. The number of nitro groups is 1. The minimum Gasteiger partial charge on any atom is -0.390 e. The Labute approximate surface area is 69.4 Å². The number of aromatic nitrogens is 3. The van der Waals surface area contributed by atoms with Gasteiger partial charge in [0.2, 0.25) is 6.33 Å². The topological polar surface area (TPSA) is 73.8 Å². The summed E-state index contributed by atoms with van der Waals surface area (Å²) >= 11 is 0. The Morgan fingerprint density at radius 3 is 3.00 bits per heavy atom. The highest BCUT2D eigenvalue weighted by Crippen LogP contribution is 2.14. The zero-order chi connectivity index (χ0) is 9.14. The monoisotopic (exact) mass is 170 g/mol. The Kier molecular flexibility index (Phi) is 2.37. The molecule has 0 amide bonds. The van der Waals surface area contributed by atoms with E-state index in [0.717, 1.165) is 6.42 Å². The lowest BCUT2D eigenvalue weighted by atomic mass is 10.3. The van der Waals surface area contributed by atoms with Crippen molar-refractivity contribution < 1.29 is 4.92 Å². The molecule has 1 heterocycles. The van der Waals surface area contributed by atoms with Gasteiger partial charge in [-0.2, -0.15) is 0 Å². The van der Waals surface area contributed by atoms with E-state index in [1.165, 1.54) is 11.0 Å². The lowest BCUT2D eigenvalue weighted by molar-refractivity contribution is -0.397. The molecule has 66 valence electrons. The van der Waals surface area contributed by atoms with Crippen LogP contribution in [0.4, 0.5) is 5.95 Å². The zero-order valence-corrected chi connectivity index (χ0v) is 6.97. The fraction of sp³-hybridized carbons (Fsp3) is 0.667. The molecular weight excluding hydrogens is 160 g/mol. The summed E-state index contributed by atoms with van der Waals surface area (Å²) in [6.45, 7) is 3.80. The van der Waals surface area contributed by atoms with Gasteiger partial charge in [-0.1, -0.05) is 17.0 Å². The van der Waals surface area contributed by atoms with Crippen molar-refractivity contribution in [2.24, 2.45) is 0 Å². The molecule has 0 bridgehead atoms. The van der Waals surface area contributed by atoms with Gasteiger partial charge in [0.15, 0.2) is 0 Å². The van der Waals surface area contributed by atoms with Crippen LogP contribution in [0.3, 0.4) is 0 Å². The molecule has 1 unspecified atom stereocenters. The van der Waals surface area contributed by atoms with Crippen LogP contribution >= 0.6 is 0 Å². The summed E-state index contributed by atoms with van der Waals surface area (Å²) in [6.07, 6.45) is 1.99. The maximum Gasteiger partial charge on any atom is 0.455 e. The van der Waals surface area contributed by atoms with Crippen LogP contribution in [0, 0.1) is 10.1 Å². The fourth-order valence-corrected chi connectivity index (χ4v) is 0.859. The number of hydrogen-bond acceptors (Lipinski definition) is 4. The Morgan fingerprint density at radius 1 is 1.83 bits per heavy atom. The molecule has 0 spiro atoms. The smallest absolute Gasteiger partial charge is 0.390 e. The first-order valence-corrected chi connectivity index (χ1v) is 3.70. The van der Waals surface area contributed by atoms with E-state index >= 15 is 0 Å². The molecule has 6 nitrogen and oxygen atoms in total. The molecule has 0 N–H and O–H groups in total. The summed E-state index contributed by atoms with van der Waals surface area (Å²) in [5, 5.41) is 14.2. The van der Waals surface area contributed by atoms with Crippen molar-refractivity contribution in [3.05, 3.63) is 16.4 Å². The predicted molar refractivity (Wildman–Crippen MR) is 41.7 cm³/mol. The maximum atomic E-state index is 10.4. The van der Waals surface area contributed by atoms with E-state index in [1.807, 2.05) is 13.8 Å². The van der Waals surface area contributed by atoms with Crippen LogP contribution in [0.25, 0.3) is 0 Å². The molecular formula is C6H10N4O2. The summed E-state index contributed by atoms with van der Waals surface area (Å²) in [5.74, 6) is -0.190. The van der Waals surface area contributed by atoms with Crippen molar-refractivity contribution in [3.63, 3.8) is 0 Å². The summed E-state index contributed by atoms with van der Waals surface area (Å²) < 4.78 is 1.32. The van der Waals surface area contributed by atoms with Gasteiger partial charge >= 0.3 is 5.95 Å². The molecule has 1 aromatic heterocycles. The van der Waals surface area contributed by atoms with Gasteiger partial charge in [-0.05, 0) is 18.3 Å². The van der Waals surface area contributed by atoms with Gasteiger partial charge < -0.3 is 10.1 Å². The van der Waals surface area contributed by atoms with Gasteiger partial charge in [-0.25, -0.2) is 0 Å². The molecule has 0 radical (unpaired) electrons.